The van der Waals surface area contributed by atoms with Crippen LogP contribution in [0.2, 0.25) is 5.02 Å². The van der Waals surface area contributed by atoms with Crippen molar-refractivity contribution in [3.05, 3.63) is 85.2 Å². The maximum Gasteiger partial charge on any atom is 0.260 e. The molecule has 0 atom stereocenters. The van der Waals surface area contributed by atoms with E-state index < -0.39 is 0 Å². The molecule has 27 heavy (non-hydrogen) atoms. The van der Waals surface area contributed by atoms with Crippen LogP contribution in [0.1, 0.15) is 27.4 Å². The first kappa shape index (κ1) is 18.0. The molecule has 3 nitrogen and oxygen atoms in total. The minimum absolute atomic E-state index is 0.0883. The lowest BCUT2D eigenvalue weighted by molar-refractivity contribution is 0.977. The topological polar surface area (TPSA) is 45.8 Å². The highest BCUT2D eigenvalue weighted by molar-refractivity contribution is 7.19. The lowest BCUT2D eigenvalue weighted by Gasteiger charge is -2.06. The second-order valence-electron chi connectivity index (χ2n) is 6.83. The number of H-pyrrole nitrogens is 1. The molecule has 0 aliphatic heterocycles. The number of halogens is 1. The summed E-state index contributed by atoms with van der Waals surface area (Å²) in [5.74, 6) is 0.655. The Morgan fingerprint density at radius 3 is 2.63 bits per heavy atom. The van der Waals surface area contributed by atoms with Gasteiger partial charge in [-0.25, -0.2) is 4.98 Å². The van der Waals surface area contributed by atoms with Gasteiger partial charge in [-0.1, -0.05) is 41.9 Å². The highest BCUT2D eigenvalue weighted by atomic mass is 35.5. The van der Waals surface area contributed by atoms with Crippen molar-refractivity contribution in [1.82, 2.24) is 9.97 Å². The number of thiophene rings is 1. The number of nitrogens with zero attached hydrogens (tertiary/aromatic N) is 1. The third kappa shape index (κ3) is 3.43. The Morgan fingerprint density at radius 1 is 1.07 bits per heavy atom. The number of fused-ring (bicyclic) bond motifs is 1. The summed E-state index contributed by atoms with van der Waals surface area (Å²) in [7, 11) is 0. The molecule has 0 spiro atoms. The number of nitrogens with one attached hydrogen (secondary N) is 1. The molecule has 0 bridgehead atoms. The zero-order chi connectivity index (χ0) is 19.1. The van der Waals surface area contributed by atoms with Crippen LogP contribution in [0.25, 0.3) is 21.3 Å². The van der Waals surface area contributed by atoms with Crippen molar-refractivity contribution in [3.8, 4) is 11.1 Å². The van der Waals surface area contributed by atoms with E-state index in [4.69, 9.17) is 16.6 Å². The van der Waals surface area contributed by atoms with Gasteiger partial charge in [0.15, 0.2) is 0 Å². The van der Waals surface area contributed by atoms with Gasteiger partial charge < -0.3 is 4.98 Å². The smallest absolute Gasteiger partial charge is 0.260 e. The maximum absolute atomic E-state index is 12.9. The molecule has 0 fully saturated rings. The molecule has 0 saturated heterocycles. The van der Waals surface area contributed by atoms with E-state index in [-0.39, 0.29) is 5.56 Å². The van der Waals surface area contributed by atoms with Gasteiger partial charge in [0.25, 0.3) is 5.56 Å². The number of hydrogen-bond donors (Lipinski definition) is 1. The van der Waals surface area contributed by atoms with Gasteiger partial charge in [0, 0.05) is 21.9 Å². The van der Waals surface area contributed by atoms with E-state index in [1.807, 2.05) is 31.2 Å². The van der Waals surface area contributed by atoms with Crippen LogP contribution in [0, 0.1) is 20.8 Å². The summed E-state index contributed by atoms with van der Waals surface area (Å²) in [6, 6.07) is 13.9. The first-order valence-electron chi connectivity index (χ1n) is 8.77. The second kappa shape index (κ2) is 6.95. The Kier molecular flexibility index (Phi) is 4.62. The van der Waals surface area contributed by atoms with Gasteiger partial charge in [0.1, 0.15) is 10.7 Å². The standard InChI is InChI=1S/C22H19ClN2OS/c1-12-7-8-16(9-13(12)2)19-14(3)27-22-20(19)21(26)24-18(25-22)11-15-5-4-6-17(23)10-15/h4-10H,11H2,1-3H3,(H,24,25,26). The molecule has 2 aromatic carbocycles. The van der Waals surface area contributed by atoms with Gasteiger partial charge in [0.2, 0.25) is 0 Å². The fourth-order valence-electron chi connectivity index (χ4n) is 3.33. The lowest BCUT2D eigenvalue weighted by atomic mass is 9.99. The minimum Gasteiger partial charge on any atom is -0.310 e. The van der Waals surface area contributed by atoms with E-state index in [2.05, 4.69) is 37.0 Å². The molecule has 2 aromatic heterocycles. The summed E-state index contributed by atoms with van der Waals surface area (Å²) in [6.07, 6.45) is 0.543. The molecule has 0 unspecified atom stereocenters. The third-order valence-electron chi connectivity index (χ3n) is 4.84. The minimum atomic E-state index is -0.0883. The number of aromatic amines is 1. The Labute approximate surface area is 166 Å². The highest BCUT2D eigenvalue weighted by Crippen LogP contribution is 2.36. The second-order valence-corrected chi connectivity index (χ2v) is 8.47. The van der Waals surface area contributed by atoms with Crippen molar-refractivity contribution in [2.75, 3.05) is 0 Å². The molecule has 0 radical (unpaired) electrons. The number of hydrogen-bond acceptors (Lipinski definition) is 3. The molecular formula is C22H19ClN2OS. The molecule has 2 heterocycles. The van der Waals surface area contributed by atoms with Gasteiger partial charge in [-0.15, -0.1) is 11.3 Å². The molecule has 0 aliphatic carbocycles. The predicted octanol–water partition coefficient (Wildman–Crippen LogP) is 5.82. The van der Waals surface area contributed by atoms with Crippen LogP contribution in [0.4, 0.5) is 0 Å². The molecule has 4 aromatic rings. The van der Waals surface area contributed by atoms with Crippen LogP contribution < -0.4 is 5.56 Å². The van der Waals surface area contributed by atoms with Gasteiger partial charge in [0.05, 0.1) is 5.39 Å². The molecule has 4 rings (SSSR count). The average molecular weight is 395 g/mol. The van der Waals surface area contributed by atoms with Gasteiger partial charge in [-0.05, 0) is 55.2 Å². The van der Waals surface area contributed by atoms with E-state index in [1.54, 1.807) is 11.3 Å². The zero-order valence-electron chi connectivity index (χ0n) is 15.4. The number of aromatic nitrogens is 2. The molecule has 5 heteroatoms. The van der Waals surface area contributed by atoms with E-state index in [1.165, 1.54) is 11.1 Å². The van der Waals surface area contributed by atoms with Gasteiger partial charge >= 0.3 is 0 Å². The Morgan fingerprint density at radius 2 is 1.89 bits per heavy atom. The van der Waals surface area contributed by atoms with Crippen molar-refractivity contribution >= 4 is 33.2 Å². The molecular weight excluding hydrogens is 376 g/mol. The van der Waals surface area contributed by atoms with E-state index in [0.29, 0.717) is 22.7 Å². The summed E-state index contributed by atoms with van der Waals surface area (Å²) in [4.78, 5) is 22.5. The number of aryl methyl sites for hydroxylation is 3. The van der Waals surface area contributed by atoms with Crippen LogP contribution in [-0.2, 0) is 6.42 Å². The quantitative estimate of drug-likeness (QED) is 0.475. The van der Waals surface area contributed by atoms with E-state index in [9.17, 15) is 4.79 Å². The molecule has 0 aliphatic rings. The predicted molar refractivity (Wildman–Crippen MR) is 114 cm³/mol. The van der Waals surface area contributed by atoms with Crippen LogP contribution >= 0.6 is 22.9 Å². The Bertz CT molecular complexity index is 1220. The highest BCUT2D eigenvalue weighted by Gasteiger charge is 2.17. The lowest BCUT2D eigenvalue weighted by Crippen LogP contribution is -2.11. The molecule has 0 amide bonds. The number of rotatable bonds is 3. The van der Waals surface area contributed by atoms with Gasteiger partial charge in [-0.3, -0.25) is 4.79 Å². The third-order valence-corrected chi connectivity index (χ3v) is 6.08. The normalized spacial score (nSPS) is 11.3. The monoisotopic (exact) mass is 394 g/mol. The van der Waals surface area contributed by atoms with Crippen molar-refractivity contribution in [2.45, 2.75) is 27.2 Å². The van der Waals surface area contributed by atoms with Crippen LogP contribution in [-0.4, -0.2) is 9.97 Å². The Hall–Kier alpha value is -2.43. The van der Waals surface area contributed by atoms with Crippen LogP contribution in [0.15, 0.2) is 47.3 Å². The first-order valence-corrected chi connectivity index (χ1v) is 9.96. The zero-order valence-corrected chi connectivity index (χ0v) is 17.0. The summed E-state index contributed by atoms with van der Waals surface area (Å²) in [6.45, 7) is 6.23. The molecule has 1 N–H and O–H groups in total. The maximum atomic E-state index is 12.9. The fourth-order valence-corrected chi connectivity index (χ4v) is 4.61. The van der Waals surface area contributed by atoms with E-state index in [0.717, 1.165) is 26.4 Å². The fraction of sp³-hybridized carbons (Fsp3) is 0.182. The SMILES string of the molecule is Cc1ccc(-c2c(C)sc3nc(Cc4cccc(Cl)c4)[nH]c(=O)c23)cc1C. The van der Waals surface area contributed by atoms with Crippen molar-refractivity contribution < 1.29 is 0 Å². The van der Waals surface area contributed by atoms with Crippen molar-refractivity contribution in [2.24, 2.45) is 0 Å². The summed E-state index contributed by atoms with van der Waals surface area (Å²) < 4.78 is 0. The van der Waals surface area contributed by atoms with Gasteiger partial charge in [-0.2, -0.15) is 0 Å². The average Bonchev–Trinajstić information content (AvgIpc) is 2.94. The summed E-state index contributed by atoms with van der Waals surface area (Å²) >= 11 is 7.63. The summed E-state index contributed by atoms with van der Waals surface area (Å²) in [5, 5.41) is 1.36. The van der Waals surface area contributed by atoms with Crippen LogP contribution in [0.5, 0.6) is 0 Å². The molecule has 0 saturated carbocycles. The number of benzene rings is 2. The van der Waals surface area contributed by atoms with Crippen molar-refractivity contribution in [3.63, 3.8) is 0 Å². The van der Waals surface area contributed by atoms with E-state index >= 15 is 0 Å². The van der Waals surface area contributed by atoms with Crippen molar-refractivity contribution in [1.29, 1.82) is 0 Å². The Balaban J connectivity index is 1.83. The first-order chi connectivity index (χ1) is 12.9. The summed E-state index contributed by atoms with van der Waals surface area (Å²) in [5.41, 5.74) is 5.44. The molecule has 136 valence electrons. The van der Waals surface area contributed by atoms with Crippen LogP contribution in [0.3, 0.4) is 0 Å². The largest absolute Gasteiger partial charge is 0.310 e.